The van der Waals surface area contributed by atoms with Gasteiger partial charge in [0.05, 0.1) is 16.3 Å². The van der Waals surface area contributed by atoms with Crippen LogP contribution in [0, 0.1) is 18.8 Å². The fraction of sp³-hybridized carbons (Fsp3) is 0.500. The Hall–Kier alpha value is -1.86. The summed E-state index contributed by atoms with van der Waals surface area (Å²) in [5.74, 6) is 1.03. The summed E-state index contributed by atoms with van der Waals surface area (Å²) in [4.78, 5) is 30.1. The van der Waals surface area contributed by atoms with E-state index in [0.29, 0.717) is 23.2 Å². The monoisotopic (exact) mass is 432 g/mol. The van der Waals surface area contributed by atoms with E-state index in [1.165, 1.54) is 6.42 Å². The molecule has 3 unspecified atom stereocenters. The number of nitrogens with one attached hydrogen (secondary N) is 1. The maximum atomic E-state index is 12.6. The fourth-order valence-corrected chi connectivity index (χ4v) is 5.28. The van der Waals surface area contributed by atoms with Crippen molar-refractivity contribution in [2.45, 2.75) is 56.7 Å². The first kappa shape index (κ1) is 21.8. The lowest BCUT2D eigenvalue weighted by molar-refractivity contribution is -0.125. The number of carbonyl (C=O) groups excluding carboxylic acids is 2. The van der Waals surface area contributed by atoms with Crippen LogP contribution in [0.5, 0.6) is 0 Å². The number of aromatic nitrogens is 1. The lowest BCUT2D eigenvalue weighted by Crippen LogP contribution is -2.45. The molecule has 1 heterocycles. The van der Waals surface area contributed by atoms with Crippen LogP contribution in [0.4, 0.5) is 0 Å². The molecule has 1 aromatic heterocycles. The van der Waals surface area contributed by atoms with Crippen molar-refractivity contribution in [2.24, 2.45) is 11.8 Å². The van der Waals surface area contributed by atoms with E-state index in [9.17, 15) is 9.59 Å². The molecule has 5 nitrogen and oxygen atoms in total. The van der Waals surface area contributed by atoms with Crippen LogP contribution in [0.15, 0.2) is 34.5 Å². The van der Waals surface area contributed by atoms with Gasteiger partial charge >= 0.3 is 5.97 Å². The van der Waals surface area contributed by atoms with Gasteiger partial charge in [-0.2, -0.15) is 0 Å². The molecule has 1 aromatic carbocycles. The molecule has 1 saturated carbocycles. The number of ether oxygens (including phenoxy) is 1. The van der Waals surface area contributed by atoms with Gasteiger partial charge in [-0.05, 0) is 37.3 Å². The van der Waals surface area contributed by atoms with Crippen LogP contribution >= 0.6 is 23.1 Å². The van der Waals surface area contributed by atoms with E-state index in [-0.39, 0.29) is 18.6 Å². The molecular formula is C22H28N2O3S2. The number of hydrogen-bond acceptors (Lipinski definition) is 6. The van der Waals surface area contributed by atoms with Gasteiger partial charge in [0.25, 0.3) is 5.91 Å². The Balaban J connectivity index is 1.53. The van der Waals surface area contributed by atoms with Crippen LogP contribution in [-0.4, -0.2) is 29.5 Å². The molecular weight excluding hydrogens is 404 g/mol. The quantitative estimate of drug-likeness (QED) is 0.501. The Bertz CT molecular complexity index is 852. The molecule has 3 rings (SSSR count). The standard InChI is InChI=1S/C22H28N2O3S2/c1-14-7-6-9-19(15(14)2)24-21(25)11-27-22(26)18-8-4-5-10-20(18)29-13-17-12-28-16(3)23-17/h4-5,8,10,12,14-15,19H,6-7,9,11,13H2,1-3H3,(H,24,25). The van der Waals surface area contributed by atoms with Crippen LogP contribution in [0.2, 0.25) is 0 Å². The van der Waals surface area contributed by atoms with Crippen molar-refractivity contribution in [3.05, 3.63) is 45.9 Å². The summed E-state index contributed by atoms with van der Waals surface area (Å²) in [6.45, 7) is 6.13. The van der Waals surface area contributed by atoms with Crippen LogP contribution in [0.1, 0.15) is 54.2 Å². The van der Waals surface area contributed by atoms with Crippen molar-refractivity contribution < 1.29 is 14.3 Å². The molecule has 156 valence electrons. The third-order valence-electron chi connectivity index (χ3n) is 5.54. The van der Waals surface area contributed by atoms with Gasteiger partial charge in [0.1, 0.15) is 0 Å². The second-order valence-corrected chi connectivity index (χ2v) is 9.74. The van der Waals surface area contributed by atoms with Gasteiger partial charge in [0, 0.05) is 22.1 Å². The lowest BCUT2D eigenvalue weighted by atomic mass is 9.78. The Morgan fingerprint density at radius 2 is 2.07 bits per heavy atom. The Morgan fingerprint density at radius 3 is 2.83 bits per heavy atom. The van der Waals surface area contributed by atoms with Gasteiger partial charge < -0.3 is 10.1 Å². The first-order valence-corrected chi connectivity index (χ1v) is 11.9. The minimum Gasteiger partial charge on any atom is -0.452 e. The summed E-state index contributed by atoms with van der Waals surface area (Å²) in [6.07, 6.45) is 3.32. The highest BCUT2D eigenvalue weighted by molar-refractivity contribution is 7.98. The number of hydrogen-bond donors (Lipinski definition) is 1. The van der Waals surface area contributed by atoms with Crippen molar-refractivity contribution in [3.8, 4) is 0 Å². The van der Waals surface area contributed by atoms with Crippen molar-refractivity contribution in [1.29, 1.82) is 0 Å². The van der Waals surface area contributed by atoms with E-state index >= 15 is 0 Å². The zero-order valence-corrected chi connectivity index (χ0v) is 18.8. The first-order valence-electron chi connectivity index (χ1n) is 10.0. The highest BCUT2D eigenvalue weighted by atomic mass is 32.2. The van der Waals surface area contributed by atoms with Crippen molar-refractivity contribution in [3.63, 3.8) is 0 Å². The van der Waals surface area contributed by atoms with Gasteiger partial charge in [-0.1, -0.05) is 38.8 Å². The average molecular weight is 433 g/mol. The smallest absolute Gasteiger partial charge is 0.339 e. The third-order valence-corrected chi connectivity index (χ3v) is 7.47. The van der Waals surface area contributed by atoms with Gasteiger partial charge in [0.2, 0.25) is 0 Å². The number of thioether (sulfide) groups is 1. The maximum absolute atomic E-state index is 12.6. The van der Waals surface area contributed by atoms with Gasteiger partial charge in [-0.25, -0.2) is 9.78 Å². The molecule has 0 spiro atoms. The minimum absolute atomic E-state index is 0.161. The molecule has 0 saturated heterocycles. The number of nitrogens with zero attached hydrogens (tertiary/aromatic N) is 1. The number of rotatable bonds is 7. The lowest BCUT2D eigenvalue weighted by Gasteiger charge is -2.34. The SMILES string of the molecule is Cc1nc(CSc2ccccc2C(=O)OCC(=O)NC2CCCC(C)C2C)cs1. The molecule has 1 N–H and O–H groups in total. The number of amides is 1. The molecule has 1 aliphatic rings. The largest absolute Gasteiger partial charge is 0.452 e. The maximum Gasteiger partial charge on any atom is 0.339 e. The van der Waals surface area contributed by atoms with E-state index in [0.717, 1.165) is 28.4 Å². The average Bonchev–Trinajstić information content (AvgIpc) is 3.13. The number of benzene rings is 1. The number of esters is 1. The molecule has 0 bridgehead atoms. The van der Waals surface area contributed by atoms with Crippen LogP contribution in [0.3, 0.4) is 0 Å². The molecule has 0 radical (unpaired) electrons. The summed E-state index contributed by atoms with van der Waals surface area (Å²) < 4.78 is 5.31. The Kier molecular flexibility index (Phi) is 7.72. The molecule has 0 aliphatic heterocycles. The number of aryl methyl sites for hydroxylation is 1. The van der Waals surface area contributed by atoms with E-state index in [2.05, 4.69) is 24.1 Å². The van der Waals surface area contributed by atoms with Crippen molar-refractivity contribution in [2.75, 3.05) is 6.61 Å². The third kappa shape index (κ3) is 6.06. The Labute approximate surface area is 180 Å². The topological polar surface area (TPSA) is 68.3 Å². The molecule has 1 fully saturated rings. The molecule has 2 aromatic rings. The highest BCUT2D eigenvalue weighted by Gasteiger charge is 2.28. The van der Waals surface area contributed by atoms with E-state index in [4.69, 9.17) is 4.74 Å². The van der Waals surface area contributed by atoms with Crippen LogP contribution in [0.25, 0.3) is 0 Å². The summed E-state index contributed by atoms with van der Waals surface area (Å²) in [6, 6.07) is 7.49. The summed E-state index contributed by atoms with van der Waals surface area (Å²) in [7, 11) is 0. The van der Waals surface area contributed by atoms with E-state index in [1.54, 1.807) is 35.2 Å². The Morgan fingerprint density at radius 1 is 1.28 bits per heavy atom. The normalized spacial score (nSPS) is 21.6. The first-order chi connectivity index (χ1) is 13.9. The summed E-state index contributed by atoms with van der Waals surface area (Å²) in [5.41, 5.74) is 1.48. The zero-order chi connectivity index (χ0) is 20.8. The number of carbonyl (C=O) groups is 2. The van der Waals surface area contributed by atoms with Gasteiger partial charge in [-0.3, -0.25) is 4.79 Å². The van der Waals surface area contributed by atoms with Gasteiger partial charge in [-0.15, -0.1) is 23.1 Å². The van der Waals surface area contributed by atoms with Crippen molar-refractivity contribution in [1.82, 2.24) is 10.3 Å². The van der Waals surface area contributed by atoms with E-state index in [1.807, 2.05) is 24.4 Å². The predicted octanol–water partition coefficient (Wildman–Crippen LogP) is 4.84. The molecule has 1 aliphatic carbocycles. The predicted molar refractivity (Wildman–Crippen MR) is 117 cm³/mol. The second-order valence-electron chi connectivity index (χ2n) is 7.66. The molecule has 1 amide bonds. The molecule has 29 heavy (non-hydrogen) atoms. The number of thiazole rings is 1. The minimum atomic E-state index is -0.470. The molecule has 3 atom stereocenters. The van der Waals surface area contributed by atoms with E-state index < -0.39 is 5.97 Å². The fourth-order valence-electron chi connectivity index (χ4n) is 3.63. The molecule has 7 heteroatoms. The van der Waals surface area contributed by atoms with Crippen molar-refractivity contribution >= 4 is 35.0 Å². The second kappa shape index (κ2) is 10.3. The highest BCUT2D eigenvalue weighted by Crippen LogP contribution is 2.30. The summed E-state index contributed by atoms with van der Waals surface area (Å²) >= 11 is 3.16. The zero-order valence-electron chi connectivity index (χ0n) is 17.1. The summed E-state index contributed by atoms with van der Waals surface area (Å²) in [5, 5.41) is 6.10. The van der Waals surface area contributed by atoms with Crippen LogP contribution in [-0.2, 0) is 15.3 Å². The van der Waals surface area contributed by atoms with Crippen LogP contribution < -0.4 is 5.32 Å². The van der Waals surface area contributed by atoms with Gasteiger partial charge in [0.15, 0.2) is 6.61 Å².